The van der Waals surface area contributed by atoms with Gasteiger partial charge < -0.3 is 9.42 Å². The summed E-state index contributed by atoms with van der Waals surface area (Å²) in [6.07, 6.45) is 6.19. The molecule has 2 aliphatic rings. The van der Waals surface area contributed by atoms with Gasteiger partial charge in [-0.3, -0.25) is 4.98 Å². The Labute approximate surface area is 149 Å². The van der Waals surface area contributed by atoms with E-state index in [4.69, 9.17) is 4.52 Å². The molecule has 5 rings (SSSR count). The Bertz CT molecular complexity index is 851. The van der Waals surface area contributed by atoms with Crippen molar-refractivity contribution in [3.63, 3.8) is 0 Å². The molecular formula is C17H18N6OS. The van der Waals surface area contributed by atoms with Crippen molar-refractivity contribution < 1.29 is 4.52 Å². The van der Waals surface area contributed by atoms with E-state index in [1.54, 1.807) is 17.5 Å². The minimum atomic E-state index is 0.385. The molecule has 128 valence electrons. The summed E-state index contributed by atoms with van der Waals surface area (Å²) < 4.78 is 5.40. The predicted octanol–water partition coefficient (Wildman–Crippen LogP) is 3.24. The molecule has 3 aromatic rings. The molecule has 1 aliphatic carbocycles. The molecule has 0 unspecified atom stereocenters. The lowest BCUT2D eigenvalue weighted by Gasteiger charge is -2.29. The average molecular weight is 354 g/mol. The number of hydrogen-bond donors (Lipinski definition) is 0. The molecule has 3 aromatic heterocycles. The summed E-state index contributed by atoms with van der Waals surface area (Å²) >= 11 is 1.60. The summed E-state index contributed by atoms with van der Waals surface area (Å²) in [6, 6.07) is 5.84. The normalized spacial score (nSPS) is 18.6. The number of pyridine rings is 1. The molecule has 1 aliphatic heterocycles. The largest absolute Gasteiger partial charge is 0.347 e. The smallest absolute Gasteiger partial charge is 0.229 e. The molecule has 0 amide bonds. The quantitative estimate of drug-likeness (QED) is 0.711. The Balaban J connectivity index is 1.25. The maximum absolute atomic E-state index is 5.40. The third kappa shape index (κ3) is 3.02. The van der Waals surface area contributed by atoms with E-state index in [0.717, 1.165) is 53.5 Å². The molecule has 0 atom stereocenters. The standard InChI is InChI=1S/C17H18N6OS/c1-2-8-18-13(3-1)16-20-21-17(25-16)23-9-6-11(7-10-23)14-19-15(24-22-14)12-4-5-12/h1-3,8,11-12H,4-7,9-10H2. The molecular weight excluding hydrogens is 336 g/mol. The topological polar surface area (TPSA) is 80.8 Å². The van der Waals surface area contributed by atoms with Gasteiger partial charge in [0.15, 0.2) is 10.8 Å². The van der Waals surface area contributed by atoms with Gasteiger partial charge in [-0.1, -0.05) is 22.6 Å². The Hall–Kier alpha value is -2.35. The molecule has 8 heteroatoms. The molecule has 2 fully saturated rings. The first-order chi connectivity index (χ1) is 12.4. The number of hydrogen-bond acceptors (Lipinski definition) is 8. The first-order valence-electron chi connectivity index (χ1n) is 8.70. The lowest BCUT2D eigenvalue weighted by atomic mass is 9.96. The van der Waals surface area contributed by atoms with E-state index in [1.165, 1.54) is 12.8 Å². The van der Waals surface area contributed by atoms with Crippen molar-refractivity contribution in [2.75, 3.05) is 18.0 Å². The lowest BCUT2D eigenvalue weighted by molar-refractivity contribution is 0.365. The molecule has 1 saturated heterocycles. The molecule has 25 heavy (non-hydrogen) atoms. The lowest BCUT2D eigenvalue weighted by Crippen LogP contribution is -2.33. The second-order valence-electron chi connectivity index (χ2n) is 6.63. The Morgan fingerprint density at radius 2 is 1.92 bits per heavy atom. The summed E-state index contributed by atoms with van der Waals surface area (Å²) in [5.41, 5.74) is 0.875. The molecule has 4 heterocycles. The van der Waals surface area contributed by atoms with E-state index in [0.29, 0.717) is 11.8 Å². The Morgan fingerprint density at radius 3 is 2.68 bits per heavy atom. The van der Waals surface area contributed by atoms with Crippen molar-refractivity contribution in [3.8, 4) is 10.7 Å². The summed E-state index contributed by atoms with van der Waals surface area (Å²) in [5.74, 6) is 2.62. The van der Waals surface area contributed by atoms with E-state index >= 15 is 0 Å². The summed E-state index contributed by atoms with van der Waals surface area (Å²) in [7, 11) is 0. The number of aromatic nitrogens is 5. The van der Waals surface area contributed by atoms with Crippen LogP contribution in [0.15, 0.2) is 28.9 Å². The van der Waals surface area contributed by atoms with Gasteiger partial charge in [0, 0.05) is 31.1 Å². The predicted molar refractivity (Wildman–Crippen MR) is 93.6 cm³/mol. The fourth-order valence-electron chi connectivity index (χ4n) is 3.17. The summed E-state index contributed by atoms with van der Waals surface area (Å²) in [4.78, 5) is 11.2. The van der Waals surface area contributed by atoms with Crippen LogP contribution in [0.1, 0.15) is 49.2 Å². The van der Waals surface area contributed by atoms with E-state index in [-0.39, 0.29) is 0 Å². The number of anilines is 1. The molecule has 0 radical (unpaired) electrons. The summed E-state index contributed by atoms with van der Waals surface area (Å²) in [6.45, 7) is 1.88. The number of nitrogens with zero attached hydrogens (tertiary/aromatic N) is 6. The van der Waals surface area contributed by atoms with Crippen molar-refractivity contribution in [3.05, 3.63) is 36.1 Å². The first kappa shape index (κ1) is 14.9. The van der Waals surface area contributed by atoms with E-state index < -0.39 is 0 Å². The van der Waals surface area contributed by atoms with Crippen LogP contribution in [-0.4, -0.2) is 38.4 Å². The van der Waals surface area contributed by atoms with Gasteiger partial charge in [-0.05, 0) is 37.8 Å². The van der Waals surface area contributed by atoms with E-state index in [1.807, 2.05) is 18.2 Å². The van der Waals surface area contributed by atoms with Crippen molar-refractivity contribution >= 4 is 16.5 Å². The maximum Gasteiger partial charge on any atom is 0.229 e. The fourth-order valence-corrected chi connectivity index (χ4v) is 4.05. The van der Waals surface area contributed by atoms with Crippen LogP contribution in [0.4, 0.5) is 5.13 Å². The van der Waals surface area contributed by atoms with Gasteiger partial charge in [0.1, 0.15) is 5.69 Å². The van der Waals surface area contributed by atoms with Crippen LogP contribution in [0.3, 0.4) is 0 Å². The third-order valence-corrected chi connectivity index (χ3v) is 5.82. The second-order valence-corrected chi connectivity index (χ2v) is 7.59. The maximum atomic E-state index is 5.40. The molecule has 0 N–H and O–H groups in total. The molecule has 0 spiro atoms. The second kappa shape index (κ2) is 6.18. The minimum absolute atomic E-state index is 0.385. The van der Waals surface area contributed by atoms with Crippen LogP contribution in [0, 0.1) is 0 Å². The summed E-state index contributed by atoms with van der Waals surface area (Å²) in [5, 5.41) is 14.7. The van der Waals surface area contributed by atoms with Gasteiger partial charge in [0.25, 0.3) is 0 Å². The van der Waals surface area contributed by atoms with Crippen molar-refractivity contribution in [2.45, 2.75) is 37.5 Å². The molecule has 7 nitrogen and oxygen atoms in total. The zero-order valence-corrected chi connectivity index (χ0v) is 14.5. The number of piperidine rings is 1. The third-order valence-electron chi connectivity index (χ3n) is 4.81. The van der Waals surface area contributed by atoms with Gasteiger partial charge in [-0.25, -0.2) is 0 Å². The highest BCUT2D eigenvalue weighted by Crippen LogP contribution is 2.40. The van der Waals surface area contributed by atoms with Crippen LogP contribution >= 0.6 is 11.3 Å². The molecule has 0 bridgehead atoms. The monoisotopic (exact) mass is 354 g/mol. The fraction of sp³-hybridized carbons (Fsp3) is 0.471. The van der Waals surface area contributed by atoms with E-state index in [2.05, 4.69) is 30.2 Å². The van der Waals surface area contributed by atoms with Crippen LogP contribution in [0.5, 0.6) is 0 Å². The minimum Gasteiger partial charge on any atom is -0.347 e. The van der Waals surface area contributed by atoms with Crippen LogP contribution in [0.2, 0.25) is 0 Å². The highest BCUT2D eigenvalue weighted by molar-refractivity contribution is 7.18. The number of rotatable bonds is 4. The van der Waals surface area contributed by atoms with Crippen molar-refractivity contribution in [1.82, 2.24) is 25.3 Å². The zero-order chi connectivity index (χ0) is 16.6. The van der Waals surface area contributed by atoms with Crippen molar-refractivity contribution in [2.24, 2.45) is 0 Å². The zero-order valence-electron chi connectivity index (χ0n) is 13.7. The first-order valence-corrected chi connectivity index (χ1v) is 9.52. The highest BCUT2D eigenvalue weighted by Gasteiger charge is 2.32. The average Bonchev–Trinajstić information content (AvgIpc) is 3.21. The van der Waals surface area contributed by atoms with Gasteiger partial charge in [0.05, 0.1) is 0 Å². The molecule has 1 saturated carbocycles. The van der Waals surface area contributed by atoms with Gasteiger partial charge in [-0.15, -0.1) is 10.2 Å². The van der Waals surface area contributed by atoms with E-state index in [9.17, 15) is 0 Å². The SMILES string of the molecule is c1ccc(-c2nnc(N3CCC(c4noc(C5CC5)n4)CC3)s2)nc1. The van der Waals surface area contributed by atoms with Crippen molar-refractivity contribution in [1.29, 1.82) is 0 Å². The van der Waals surface area contributed by atoms with Gasteiger partial charge in [-0.2, -0.15) is 4.98 Å². The van der Waals surface area contributed by atoms with Gasteiger partial charge >= 0.3 is 0 Å². The van der Waals surface area contributed by atoms with Crippen LogP contribution in [0.25, 0.3) is 10.7 Å². The van der Waals surface area contributed by atoms with Crippen LogP contribution in [-0.2, 0) is 0 Å². The Kier molecular flexibility index (Phi) is 3.70. The van der Waals surface area contributed by atoms with Crippen LogP contribution < -0.4 is 4.90 Å². The van der Waals surface area contributed by atoms with Gasteiger partial charge in [0.2, 0.25) is 11.0 Å². The Morgan fingerprint density at radius 1 is 1.04 bits per heavy atom. The highest BCUT2D eigenvalue weighted by atomic mass is 32.1. The molecule has 0 aromatic carbocycles.